The smallest absolute Gasteiger partial charge is 0.0136 e. The molecule has 164 valence electrons. The van der Waals surface area contributed by atoms with Gasteiger partial charge in [-0.25, -0.2) is 0 Å². The zero-order chi connectivity index (χ0) is 20.2. The predicted molar refractivity (Wildman–Crippen MR) is 131 cm³/mol. The minimum absolute atomic E-state index is 1.16. The fraction of sp³-hybridized carbons (Fsp3) is 0.724. The Morgan fingerprint density at radius 3 is 1.69 bits per heavy atom. The third-order valence-electron chi connectivity index (χ3n) is 6.65. The Balaban J connectivity index is 1.77. The van der Waals surface area contributed by atoms with Gasteiger partial charge in [-0.05, 0) is 57.8 Å². The zero-order valence-corrected chi connectivity index (χ0v) is 19.3. The summed E-state index contributed by atoms with van der Waals surface area (Å²) in [5.41, 5.74) is 3.25. The van der Waals surface area contributed by atoms with E-state index in [9.17, 15) is 0 Å². The Morgan fingerprint density at radius 2 is 1.03 bits per heavy atom. The molecule has 0 fully saturated rings. The van der Waals surface area contributed by atoms with Crippen molar-refractivity contribution < 1.29 is 0 Å². The van der Waals surface area contributed by atoms with Gasteiger partial charge in [-0.2, -0.15) is 0 Å². The van der Waals surface area contributed by atoms with Crippen molar-refractivity contribution in [1.82, 2.24) is 0 Å². The van der Waals surface area contributed by atoms with E-state index in [1.54, 1.807) is 11.1 Å². The summed E-state index contributed by atoms with van der Waals surface area (Å²) in [5.74, 6) is 0. The molecular weight excluding hydrogens is 348 g/mol. The van der Waals surface area contributed by atoms with Crippen LogP contribution in [0.5, 0.6) is 0 Å². The van der Waals surface area contributed by atoms with Crippen LogP contribution in [0.4, 0.5) is 0 Å². The number of rotatable bonds is 4. The lowest BCUT2D eigenvalue weighted by Crippen LogP contribution is -1.88. The van der Waals surface area contributed by atoms with Gasteiger partial charge in [0.05, 0.1) is 0 Å². The summed E-state index contributed by atoms with van der Waals surface area (Å²) in [6, 6.07) is 0. The molecule has 0 heteroatoms. The van der Waals surface area contributed by atoms with Crippen LogP contribution in [0.3, 0.4) is 0 Å². The van der Waals surface area contributed by atoms with E-state index in [4.69, 9.17) is 0 Å². The van der Waals surface area contributed by atoms with E-state index in [0.717, 1.165) is 6.42 Å². The highest BCUT2D eigenvalue weighted by atomic mass is 14.1. The second-order valence-electron chi connectivity index (χ2n) is 9.37. The average molecular weight is 397 g/mol. The van der Waals surface area contributed by atoms with Gasteiger partial charge in [-0.3, -0.25) is 0 Å². The van der Waals surface area contributed by atoms with Crippen molar-refractivity contribution in [3.8, 4) is 0 Å². The number of hydrogen-bond acceptors (Lipinski definition) is 0. The Labute approximate surface area is 182 Å². The van der Waals surface area contributed by atoms with E-state index >= 15 is 0 Å². The van der Waals surface area contributed by atoms with Crippen molar-refractivity contribution in [1.29, 1.82) is 0 Å². The zero-order valence-electron chi connectivity index (χ0n) is 19.3. The Kier molecular flexibility index (Phi) is 14.9. The van der Waals surface area contributed by atoms with E-state index in [1.165, 1.54) is 128 Å². The lowest BCUT2D eigenvalue weighted by molar-refractivity contribution is 0.561. The average Bonchev–Trinajstić information content (AvgIpc) is 2.71. The van der Waals surface area contributed by atoms with Crippen LogP contribution in [0.2, 0.25) is 0 Å². The van der Waals surface area contributed by atoms with Gasteiger partial charge in [0.15, 0.2) is 0 Å². The maximum absolute atomic E-state index is 2.56. The van der Waals surface area contributed by atoms with Crippen molar-refractivity contribution in [2.24, 2.45) is 0 Å². The van der Waals surface area contributed by atoms with Crippen LogP contribution >= 0.6 is 0 Å². The maximum Gasteiger partial charge on any atom is -0.0136 e. The van der Waals surface area contributed by atoms with E-state index in [-0.39, 0.29) is 0 Å². The molecule has 2 aliphatic rings. The summed E-state index contributed by atoms with van der Waals surface area (Å²) in [6.07, 6.45) is 43.6. The lowest BCUT2D eigenvalue weighted by atomic mass is 9.98. The van der Waals surface area contributed by atoms with Crippen molar-refractivity contribution in [3.63, 3.8) is 0 Å². The molecule has 0 saturated carbocycles. The van der Waals surface area contributed by atoms with Gasteiger partial charge in [0.1, 0.15) is 0 Å². The van der Waals surface area contributed by atoms with Crippen LogP contribution in [-0.4, -0.2) is 0 Å². The van der Waals surface area contributed by atoms with Gasteiger partial charge in [0.2, 0.25) is 0 Å². The van der Waals surface area contributed by atoms with Crippen molar-refractivity contribution in [3.05, 3.63) is 47.6 Å². The summed E-state index contributed by atoms with van der Waals surface area (Å²) >= 11 is 0. The summed E-state index contributed by atoms with van der Waals surface area (Å²) < 4.78 is 0. The molecule has 0 saturated heterocycles. The van der Waals surface area contributed by atoms with Crippen LogP contribution in [0.1, 0.15) is 135 Å². The molecule has 0 spiro atoms. The largest absolute Gasteiger partial charge is 0.0850 e. The molecule has 0 radical (unpaired) electrons. The SMILES string of the molecule is C(/C=C/C1=C/CCCCCCCCCC1)=C\C/C1=C/CCCCCCCCCC1. The monoisotopic (exact) mass is 396 g/mol. The highest BCUT2D eigenvalue weighted by Gasteiger charge is 2.00. The van der Waals surface area contributed by atoms with Gasteiger partial charge in [0.25, 0.3) is 0 Å². The van der Waals surface area contributed by atoms with Gasteiger partial charge >= 0.3 is 0 Å². The molecule has 0 aromatic heterocycles. The summed E-state index contributed by atoms with van der Waals surface area (Å²) in [7, 11) is 0. The Morgan fingerprint density at radius 1 is 0.517 bits per heavy atom. The standard InChI is InChI=1S/C29H48/c1-3-7-11-16-22-28(23-17-12-8-4-1)26-20-15-21-27-29-24-18-13-9-5-2-6-10-14-19-25-29/h15,20-22,24,26H,1-14,16-19,23,25,27H2/b21-15+,26-20+,28-22+,29-24+. The molecule has 0 atom stereocenters. The van der Waals surface area contributed by atoms with Crippen LogP contribution < -0.4 is 0 Å². The molecular formula is C29H48. The first-order valence-electron chi connectivity index (χ1n) is 13.2. The fourth-order valence-corrected chi connectivity index (χ4v) is 4.70. The molecule has 0 amide bonds. The lowest BCUT2D eigenvalue weighted by Gasteiger charge is -2.08. The quantitative estimate of drug-likeness (QED) is 0.327. The van der Waals surface area contributed by atoms with Crippen LogP contribution in [0, 0.1) is 0 Å². The Hall–Kier alpha value is -1.04. The summed E-state index contributed by atoms with van der Waals surface area (Å²) in [6.45, 7) is 0. The van der Waals surface area contributed by atoms with E-state index in [2.05, 4.69) is 36.5 Å². The van der Waals surface area contributed by atoms with Gasteiger partial charge < -0.3 is 0 Å². The first-order chi connectivity index (χ1) is 14.4. The van der Waals surface area contributed by atoms with Gasteiger partial charge in [-0.1, -0.05) is 125 Å². The molecule has 0 aliphatic heterocycles. The minimum atomic E-state index is 1.16. The first-order valence-corrected chi connectivity index (χ1v) is 13.2. The van der Waals surface area contributed by atoms with Crippen LogP contribution in [0.15, 0.2) is 47.6 Å². The fourth-order valence-electron chi connectivity index (χ4n) is 4.70. The molecule has 0 aromatic carbocycles. The van der Waals surface area contributed by atoms with Crippen LogP contribution in [0.25, 0.3) is 0 Å². The molecule has 2 aliphatic carbocycles. The van der Waals surface area contributed by atoms with Crippen molar-refractivity contribution in [2.45, 2.75) is 135 Å². The molecule has 0 heterocycles. The van der Waals surface area contributed by atoms with Crippen molar-refractivity contribution in [2.75, 3.05) is 0 Å². The van der Waals surface area contributed by atoms with E-state index in [0.29, 0.717) is 0 Å². The topological polar surface area (TPSA) is 0 Å². The predicted octanol–water partition coefficient (Wildman–Crippen LogP) is 10.2. The molecule has 0 unspecified atom stereocenters. The molecule has 2 rings (SSSR count). The first kappa shape index (κ1) is 24.2. The third-order valence-corrected chi connectivity index (χ3v) is 6.65. The number of allylic oxidation sites excluding steroid dienone is 8. The minimum Gasteiger partial charge on any atom is -0.0850 e. The second-order valence-corrected chi connectivity index (χ2v) is 9.37. The van der Waals surface area contributed by atoms with Crippen molar-refractivity contribution >= 4 is 0 Å². The van der Waals surface area contributed by atoms with Crippen LogP contribution in [-0.2, 0) is 0 Å². The molecule has 0 nitrogen and oxygen atoms in total. The molecule has 0 aromatic rings. The summed E-state index contributed by atoms with van der Waals surface area (Å²) in [4.78, 5) is 0. The maximum atomic E-state index is 2.56. The molecule has 29 heavy (non-hydrogen) atoms. The van der Waals surface area contributed by atoms with Gasteiger partial charge in [-0.15, -0.1) is 0 Å². The van der Waals surface area contributed by atoms with E-state index in [1.807, 2.05) is 0 Å². The molecule has 0 bridgehead atoms. The Bertz CT molecular complexity index is 502. The number of hydrogen-bond donors (Lipinski definition) is 0. The highest BCUT2D eigenvalue weighted by Crippen LogP contribution is 2.20. The third kappa shape index (κ3) is 13.7. The highest BCUT2D eigenvalue weighted by molar-refractivity contribution is 5.23. The normalized spacial score (nSPS) is 26.3. The van der Waals surface area contributed by atoms with E-state index < -0.39 is 0 Å². The second kappa shape index (κ2) is 17.8. The summed E-state index contributed by atoms with van der Waals surface area (Å²) in [5, 5.41) is 0. The van der Waals surface area contributed by atoms with Gasteiger partial charge in [0, 0.05) is 0 Å². The molecule has 0 N–H and O–H groups in total.